The van der Waals surface area contributed by atoms with Crippen LogP contribution in [0.1, 0.15) is 50.8 Å². The first-order valence-corrected chi connectivity index (χ1v) is 8.31. The predicted octanol–water partition coefficient (Wildman–Crippen LogP) is 3.63. The van der Waals surface area contributed by atoms with E-state index in [-0.39, 0.29) is 0 Å². The lowest BCUT2D eigenvalue weighted by Gasteiger charge is -2.27. The number of hydrogen-bond donors (Lipinski definition) is 1. The molecule has 1 N–H and O–H groups in total. The van der Waals surface area contributed by atoms with Crippen LogP contribution in [0.25, 0.3) is 0 Å². The minimum Gasteiger partial charge on any atom is -0.309 e. The van der Waals surface area contributed by atoms with Crippen LogP contribution in [-0.2, 0) is 6.42 Å². The normalized spacial score (nSPS) is 16.6. The number of likely N-dealkylation sites (N-methyl/N-ethyl adjacent to an activating group) is 2. The molecular formula is C18H30N2. The van der Waals surface area contributed by atoms with E-state index in [1.54, 1.807) is 0 Å². The van der Waals surface area contributed by atoms with Crippen LogP contribution in [0.4, 0.5) is 0 Å². The van der Waals surface area contributed by atoms with Crippen molar-refractivity contribution in [3.8, 4) is 0 Å². The molecule has 1 saturated carbocycles. The third kappa shape index (κ3) is 4.60. The summed E-state index contributed by atoms with van der Waals surface area (Å²) in [5.74, 6) is 0.972. The Kier molecular flexibility index (Phi) is 6.06. The Morgan fingerprint density at radius 3 is 2.35 bits per heavy atom. The highest BCUT2D eigenvalue weighted by atomic mass is 15.1. The third-order valence-electron chi connectivity index (χ3n) is 4.34. The molecule has 0 amide bonds. The maximum atomic E-state index is 3.65. The lowest BCUT2D eigenvalue weighted by molar-refractivity contribution is 0.245. The summed E-state index contributed by atoms with van der Waals surface area (Å²) in [7, 11) is 0. The molecule has 2 rings (SSSR count). The topological polar surface area (TPSA) is 15.3 Å². The van der Waals surface area contributed by atoms with E-state index < -0.39 is 0 Å². The van der Waals surface area contributed by atoms with Gasteiger partial charge < -0.3 is 10.2 Å². The molecule has 112 valence electrons. The predicted molar refractivity (Wildman–Crippen MR) is 87.1 cm³/mol. The van der Waals surface area contributed by atoms with Gasteiger partial charge in [-0.1, -0.05) is 45.0 Å². The van der Waals surface area contributed by atoms with Crippen LogP contribution < -0.4 is 5.32 Å². The summed E-state index contributed by atoms with van der Waals surface area (Å²) in [6.45, 7) is 11.3. The highest BCUT2D eigenvalue weighted by Gasteiger charge is 2.25. The monoisotopic (exact) mass is 274 g/mol. The smallest absolute Gasteiger partial charge is 0.0449 e. The average Bonchev–Trinajstić information content (AvgIpc) is 3.30. The molecule has 1 atom stereocenters. The molecule has 1 aliphatic carbocycles. The molecule has 20 heavy (non-hydrogen) atoms. The third-order valence-corrected chi connectivity index (χ3v) is 4.34. The van der Waals surface area contributed by atoms with Crippen LogP contribution in [0.15, 0.2) is 24.3 Å². The van der Waals surface area contributed by atoms with Gasteiger partial charge in [0.05, 0.1) is 0 Å². The number of nitrogens with one attached hydrogen (secondary N) is 1. The van der Waals surface area contributed by atoms with Crippen LogP contribution in [0.2, 0.25) is 0 Å². The van der Waals surface area contributed by atoms with E-state index in [1.807, 2.05) is 0 Å². The van der Waals surface area contributed by atoms with Crippen LogP contribution in [0.5, 0.6) is 0 Å². The highest BCUT2D eigenvalue weighted by molar-refractivity contribution is 5.25. The zero-order chi connectivity index (χ0) is 14.4. The molecule has 1 unspecified atom stereocenters. The van der Waals surface area contributed by atoms with Gasteiger partial charge in [0, 0.05) is 19.1 Å². The maximum absolute atomic E-state index is 3.65. The molecule has 0 aliphatic heterocycles. The van der Waals surface area contributed by atoms with Gasteiger partial charge in [0.1, 0.15) is 0 Å². The fraction of sp³-hybridized carbons (Fsp3) is 0.667. The molecule has 0 aromatic heterocycles. The van der Waals surface area contributed by atoms with Gasteiger partial charge in [-0.15, -0.1) is 0 Å². The second kappa shape index (κ2) is 7.80. The lowest BCUT2D eigenvalue weighted by Crippen LogP contribution is -2.36. The Morgan fingerprint density at radius 2 is 1.85 bits per heavy atom. The number of rotatable bonds is 9. The van der Waals surface area contributed by atoms with Crippen molar-refractivity contribution in [2.75, 3.05) is 26.2 Å². The molecule has 2 nitrogen and oxygen atoms in total. The van der Waals surface area contributed by atoms with Crippen LogP contribution in [0, 0.1) is 5.92 Å². The molecule has 2 heteroatoms. The van der Waals surface area contributed by atoms with E-state index in [0.717, 1.165) is 32.0 Å². The van der Waals surface area contributed by atoms with Gasteiger partial charge in [-0.25, -0.2) is 0 Å². The Bertz CT molecular complexity index is 381. The standard InChI is InChI=1S/C18H30N2/c1-4-15-9-11-17(12-10-15)18(19-5-2)14-20(6-3)13-16-7-8-16/h9-12,16,18-19H,4-8,13-14H2,1-3H3. The van der Waals surface area contributed by atoms with Gasteiger partial charge in [0.2, 0.25) is 0 Å². The SMILES string of the molecule is CCNC(CN(CC)CC1CC1)c1ccc(CC)cc1. The first-order valence-electron chi connectivity index (χ1n) is 8.31. The van der Waals surface area contributed by atoms with Gasteiger partial charge in [0.25, 0.3) is 0 Å². The highest BCUT2D eigenvalue weighted by Crippen LogP contribution is 2.30. The molecule has 0 heterocycles. The molecule has 0 radical (unpaired) electrons. The number of nitrogens with zero attached hydrogens (tertiary/aromatic N) is 1. The van der Waals surface area contributed by atoms with Crippen LogP contribution in [0.3, 0.4) is 0 Å². The lowest BCUT2D eigenvalue weighted by atomic mass is 10.0. The van der Waals surface area contributed by atoms with Crippen molar-refractivity contribution in [1.82, 2.24) is 10.2 Å². The largest absolute Gasteiger partial charge is 0.309 e. The van der Waals surface area contributed by atoms with E-state index in [1.165, 1.54) is 30.5 Å². The fourth-order valence-electron chi connectivity index (χ4n) is 2.78. The van der Waals surface area contributed by atoms with E-state index in [2.05, 4.69) is 55.3 Å². The minimum atomic E-state index is 0.463. The van der Waals surface area contributed by atoms with Gasteiger partial charge in [-0.2, -0.15) is 0 Å². The van der Waals surface area contributed by atoms with Crippen molar-refractivity contribution in [1.29, 1.82) is 0 Å². The summed E-state index contributed by atoms with van der Waals surface area (Å²) in [5.41, 5.74) is 2.85. The van der Waals surface area contributed by atoms with Crippen molar-refractivity contribution < 1.29 is 0 Å². The van der Waals surface area contributed by atoms with E-state index >= 15 is 0 Å². The summed E-state index contributed by atoms with van der Waals surface area (Å²) in [6, 6.07) is 9.62. The van der Waals surface area contributed by atoms with Crippen molar-refractivity contribution in [2.45, 2.75) is 46.1 Å². The summed E-state index contributed by atoms with van der Waals surface area (Å²) in [4.78, 5) is 2.61. The summed E-state index contributed by atoms with van der Waals surface area (Å²) in [6.07, 6.45) is 4.00. The second-order valence-corrected chi connectivity index (χ2v) is 6.00. The van der Waals surface area contributed by atoms with Crippen molar-refractivity contribution >= 4 is 0 Å². The van der Waals surface area contributed by atoms with Crippen molar-refractivity contribution in [2.24, 2.45) is 5.92 Å². The Hall–Kier alpha value is -0.860. The zero-order valence-corrected chi connectivity index (χ0v) is 13.4. The maximum Gasteiger partial charge on any atom is 0.0449 e. The zero-order valence-electron chi connectivity index (χ0n) is 13.4. The van der Waals surface area contributed by atoms with Crippen LogP contribution in [-0.4, -0.2) is 31.1 Å². The molecule has 1 aromatic rings. The van der Waals surface area contributed by atoms with Gasteiger partial charge >= 0.3 is 0 Å². The van der Waals surface area contributed by atoms with Gasteiger partial charge in [0.15, 0.2) is 0 Å². The Labute approximate surface area is 124 Å². The average molecular weight is 274 g/mol. The molecule has 1 aliphatic rings. The molecule has 0 spiro atoms. The van der Waals surface area contributed by atoms with E-state index in [9.17, 15) is 0 Å². The van der Waals surface area contributed by atoms with E-state index in [0.29, 0.717) is 6.04 Å². The van der Waals surface area contributed by atoms with Crippen molar-refractivity contribution in [3.63, 3.8) is 0 Å². The van der Waals surface area contributed by atoms with Gasteiger partial charge in [-0.3, -0.25) is 0 Å². The van der Waals surface area contributed by atoms with Gasteiger partial charge in [-0.05, 0) is 49.4 Å². The fourth-order valence-corrected chi connectivity index (χ4v) is 2.78. The summed E-state index contributed by atoms with van der Waals surface area (Å²) < 4.78 is 0. The number of hydrogen-bond acceptors (Lipinski definition) is 2. The first kappa shape index (κ1) is 15.5. The Balaban J connectivity index is 1.99. The van der Waals surface area contributed by atoms with E-state index in [4.69, 9.17) is 0 Å². The molecule has 0 saturated heterocycles. The van der Waals surface area contributed by atoms with Crippen LogP contribution >= 0.6 is 0 Å². The summed E-state index contributed by atoms with van der Waals surface area (Å²) in [5, 5.41) is 3.65. The molecular weight excluding hydrogens is 244 g/mol. The quantitative estimate of drug-likeness (QED) is 0.740. The Morgan fingerprint density at radius 1 is 1.15 bits per heavy atom. The summed E-state index contributed by atoms with van der Waals surface area (Å²) >= 11 is 0. The minimum absolute atomic E-state index is 0.463. The van der Waals surface area contributed by atoms with Crippen molar-refractivity contribution in [3.05, 3.63) is 35.4 Å². The first-order chi connectivity index (χ1) is 9.76. The number of benzene rings is 1. The molecule has 1 fully saturated rings. The second-order valence-electron chi connectivity index (χ2n) is 6.00. The number of aryl methyl sites for hydroxylation is 1. The molecule has 1 aromatic carbocycles. The molecule has 0 bridgehead atoms.